The highest BCUT2D eigenvalue weighted by atomic mass is 16.3. The molecule has 0 aliphatic rings. The van der Waals surface area contributed by atoms with Gasteiger partial charge in [-0.05, 0) is 25.7 Å². The Balaban J connectivity index is 0. The average molecular weight is 292 g/mol. The zero-order chi connectivity index (χ0) is 16.1. The first kappa shape index (κ1) is 22.1. The van der Waals surface area contributed by atoms with Crippen molar-refractivity contribution in [1.29, 1.82) is 0 Å². The van der Waals surface area contributed by atoms with Crippen molar-refractivity contribution < 1.29 is 20.4 Å². The van der Waals surface area contributed by atoms with Crippen molar-refractivity contribution in [3.05, 3.63) is 0 Å². The van der Waals surface area contributed by atoms with Crippen molar-refractivity contribution in [3.63, 3.8) is 0 Å². The van der Waals surface area contributed by atoms with E-state index in [1.165, 1.54) is 0 Å². The van der Waals surface area contributed by atoms with Gasteiger partial charge in [0.2, 0.25) is 0 Å². The number of hydrogen-bond donors (Lipinski definition) is 4. The summed E-state index contributed by atoms with van der Waals surface area (Å²) in [6, 6.07) is 0. The van der Waals surface area contributed by atoms with Crippen molar-refractivity contribution in [2.75, 3.05) is 26.4 Å². The van der Waals surface area contributed by atoms with E-state index in [1.54, 1.807) is 0 Å². The fraction of sp³-hybridized carbons (Fsp3) is 1.00. The minimum atomic E-state index is -0.222. The van der Waals surface area contributed by atoms with Crippen LogP contribution < -0.4 is 0 Å². The summed E-state index contributed by atoms with van der Waals surface area (Å²) < 4.78 is 0. The van der Waals surface area contributed by atoms with Gasteiger partial charge in [-0.1, -0.05) is 40.5 Å². The van der Waals surface area contributed by atoms with E-state index in [1.807, 2.05) is 20.8 Å². The second-order valence-electron chi connectivity index (χ2n) is 5.80. The molecule has 0 aromatic rings. The molecule has 0 unspecified atom stereocenters. The summed E-state index contributed by atoms with van der Waals surface area (Å²) in [6.45, 7) is 8.51. The molecule has 0 saturated carbocycles. The zero-order valence-corrected chi connectivity index (χ0v) is 13.9. The predicted octanol–water partition coefficient (Wildman–Crippen LogP) is 2.34. The Morgan fingerprint density at radius 2 is 0.950 bits per heavy atom. The van der Waals surface area contributed by atoms with Gasteiger partial charge in [-0.25, -0.2) is 0 Å². The van der Waals surface area contributed by atoms with E-state index < -0.39 is 0 Å². The molecular formula is C16H36O4. The van der Waals surface area contributed by atoms with Crippen molar-refractivity contribution in [1.82, 2.24) is 0 Å². The second-order valence-corrected chi connectivity index (χ2v) is 5.80. The van der Waals surface area contributed by atoms with Crippen molar-refractivity contribution in [3.8, 4) is 0 Å². The van der Waals surface area contributed by atoms with E-state index in [0.29, 0.717) is 0 Å². The summed E-state index contributed by atoms with van der Waals surface area (Å²) in [6.07, 6.45) is 5.71. The van der Waals surface area contributed by atoms with Gasteiger partial charge in [0.1, 0.15) is 0 Å². The quantitative estimate of drug-likeness (QED) is 0.498. The third-order valence-electron chi connectivity index (χ3n) is 4.65. The Kier molecular flexibility index (Phi) is 13.9. The van der Waals surface area contributed by atoms with Crippen LogP contribution in [0.4, 0.5) is 0 Å². The van der Waals surface area contributed by atoms with Gasteiger partial charge in [0, 0.05) is 10.8 Å². The Hall–Kier alpha value is -0.160. The van der Waals surface area contributed by atoms with Crippen LogP contribution in [0, 0.1) is 10.8 Å². The molecular weight excluding hydrogens is 256 g/mol. The maximum atomic E-state index is 9.04. The standard InChI is InChI=1S/C9H20O2.C7H16O2/c1-3-5-6-9(4-2,7-10)8-11;1-3-7(4-2,5-8)6-9/h10-11H,3-8H2,1-2H3;8-9H,3-6H2,1-2H3. The minimum Gasteiger partial charge on any atom is -0.396 e. The molecule has 0 aromatic heterocycles. The molecule has 0 rings (SSSR count). The normalized spacial score (nSPS) is 12.0. The molecule has 4 N–H and O–H groups in total. The summed E-state index contributed by atoms with van der Waals surface area (Å²) in [5.41, 5.74) is -0.435. The van der Waals surface area contributed by atoms with Gasteiger partial charge in [0.05, 0.1) is 26.4 Å². The highest BCUT2D eigenvalue weighted by Gasteiger charge is 2.25. The molecule has 0 fully saturated rings. The molecule has 124 valence electrons. The maximum Gasteiger partial charge on any atom is 0.0509 e. The van der Waals surface area contributed by atoms with Gasteiger partial charge in [-0.2, -0.15) is 0 Å². The molecule has 0 spiro atoms. The Labute approximate surface area is 124 Å². The van der Waals surface area contributed by atoms with Crippen LogP contribution in [0.1, 0.15) is 66.2 Å². The topological polar surface area (TPSA) is 80.9 Å². The lowest BCUT2D eigenvalue weighted by atomic mass is 9.82. The fourth-order valence-corrected chi connectivity index (χ4v) is 1.91. The summed E-state index contributed by atoms with van der Waals surface area (Å²) in [5, 5.41) is 35.7. The summed E-state index contributed by atoms with van der Waals surface area (Å²) >= 11 is 0. The summed E-state index contributed by atoms with van der Waals surface area (Å²) in [5.74, 6) is 0. The van der Waals surface area contributed by atoms with E-state index in [2.05, 4.69) is 6.92 Å². The largest absolute Gasteiger partial charge is 0.396 e. The molecule has 4 heteroatoms. The maximum absolute atomic E-state index is 9.04. The molecule has 0 aliphatic carbocycles. The molecule has 0 heterocycles. The zero-order valence-electron chi connectivity index (χ0n) is 13.9. The van der Waals surface area contributed by atoms with Crippen LogP contribution in [0.3, 0.4) is 0 Å². The van der Waals surface area contributed by atoms with Crippen molar-refractivity contribution >= 4 is 0 Å². The van der Waals surface area contributed by atoms with E-state index in [4.69, 9.17) is 20.4 Å². The Morgan fingerprint density at radius 1 is 0.600 bits per heavy atom. The van der Waals surface area contributed by atoms with Gasteiger partial charge >= 0.3 is 0 Å². The molecule has 0 saturated heterocycles. The van der Waals surface area contributed by atoms with Crippen LogP contribution in [0.15, 0.2) is 0 Å². The van der Waals surface area contributed by atoms with Crippen molar-refractivity contribution in [2.24, 2.45) is 10.8 Å². The number of aliphatic hydroxyl groups is 4. The van der Waals surface area contributed by atoms with Gasteiger partial charge in [-0.15, -0.1) is 0 Å². The van der Waals surface area contributed by atoms with E-state index in [-0.39, 0.29) is 37.3 Å². The lowest BCUT2D eigenvalue weighted by Gasteiger charge is -2.27. The molecule has 0 radical (unpaired) electrons. The van der Waals surface area contributed by atoms with Gasteiger partial charge in [0.25, 0.3) is 0 Å². The number of aliphatic hydroxyl groups excluding tert-OH is 4. The van der Waals surface area contributed by atoms with Gasteiger partial charge < -0.3 is 20.4 Å². The third-order valence-corrected chi connectivity index (χ3v) is 4.65. The molecule has 0 aliphatic heterocycles. The predicted molar refractivity (Wildman–Crippen MR) is 83.6 cm³/mol. The lowest BCUT2D eigenvalue weighted by molar-refractivity contribution is 0.0420. The summed E-state index contributed by atoms with van der Waals surface area (Å²) in [7, 11) is 0. The molecule has 20 heavy (non-hydrogen) atoms. The highest BCUT2D eigenvalue weighted by molar-refractivity contribution is 4.75. The van der Waals surface area contributed by atoms with Crippen LogP contribution in [0.5, 0.6) is 0 Å². The smallest absolute Gasteiger partial charge is 0.0509 e. The number of rotatable bonds is 10. The fourth-order valence-electron chi connectivity index (χ4n) is 1.91. The molecule has 0 aromatic carbocycles. The minimum absolute atomic E-state index is 0.0938. The van der Waals surface area contributed by atoms with Crippen LogP contribution in [-0.4, -0.2) is 46.9 Å². The molecule has 0 bridgehead atoms. The van der Waals surface area contributed by atoms with Gasteiger partial charge in [-0.3, -0.25) is 0 Å². The number of hydrogen-bond acceptors (Lipinski definition) is 4. The van der Waals surface area contributed by atoms with E-state index in [9.17, 15) is 0 Å². The first-order valence-electron chi connectivity index (χ1n) is 7.92. The molecule has 0 amide bonds. The highest BCUT2D eigenvalue weighted by Crippen LogP contribution is 2.27. The van der Waals surface area contributed by atoms with Crippen LogP contribution >= 0.6 is 0 Å². The van der Waals surface area contributed by atoms with E-state index >= 15 is 0 Å². The van der Waals surface area contributed by atoms with Gasteiger partial charge in [0.15, 0.2) is 0 Å². The Morgan fingerprint density at radius 3 is 1.10 bits per heavy atom. The monoisotopic (exact) mass is 292 g/mol. The molecule has 0 atom stereocenters. The third kappa shape index (κ3) is 7.58. The summed E-state index contributed by atoms with van der Waals surface area (Å²) in [4.78, 5) is 0. The SMILES string of the molecule is CCC(CC)(CO)CO.CCCCC(CC)(CO)CO. The van der Waals surface area contributed by atoms with Crippen molar-refractivity contribution in [2.45, 2.75) is 66.2 Å². The van der Waals surface area contributed by atoms with E-state index in [0.717, 1.165) is 38.5 Å². The molecule has 4 nitrogen and oxygen atoms in total. The average Bonchev–Trinajstić information content (AvgIpc) is 2.53. The van der Waals surface area contributed by atoms with Crippen LogP contribution in [0.2, 0.25) is 0 Å². The Bertz CT molecular complexity index is 173. The number of unbranched alkanes of at least 4 members (excludes halogenated alkanes) is 1. The first-order chi connectivity index (χ1) is 9.49. The van der Waals surface area contributed by atoms with Crippen LogP contribution in [-0.2, 0) is 0 Å². The first-order valence-corrected chi connectivity index (χ1v) is 7.92. The van der Waals surface area contributed by atoms with Crippen LogP contribution in [0.25, 0.3) is 0 Å². The lowest BCUT2D eigenvalue weighted by Crippen LogP contribution is -2.28. The second kappa shape index (κ2) is 12.6.